The number of hydrogen-bond donors (Lipinski definition) is 1. The number of methoxy groups -OCH3 is 2. The Balaban J connectivity index is 1.09. The molecule has 364 valence electrons. The Labute approximate surface area is 429 Å². The second-order valence-electron chi connectivity index (χ2n) is 17.5. The van der Waals surface area contributed by atoms with Gasteiger partial charge in [-0.2, -0.15) is 4.98 Å². The molecule has 0 aliphatic carbocycles. The molecule has 0 amide bonds. The van der Waals surface area contributed by atoms with E-state index in [1.165, 1.54) is 0 Å². The summed E-state index contributed by atoms with van der Waals surface area (Å²) in [6.45, 7) is -0.614. The van der Waals surface area contributed by atoms with Crippen LogP contribution >= 0.6 is 11.6 Å². The van der Waals surface area contributed by atoms with Crippen LogP contribution in [-0.4, -0.2) is 59.8 Å². The van der Waals surface area contributed by atoms with Crippen LogP contribution in [0.5, 0.6) is 11.5 Å². The van der Waals surface area contributed by atoms with E-state index < -0.39 is 41.8 Å². The summed E-state index contributed by atoms with van der Waals surface area (Å²) in [5.74, 6) is 4.30. The molecular weight excluding hydrogens is 936 g/mol. The van der Waals surface area contributed by atoms with Gasteiger partial charge in [-0.3, -0.25) is 0 Å². The van der Waals surface area contributed by atoms with Gasteiger partial charge in [0.2, 0.25) is 5.28 Å². The largest absolute Gasteiger partial charge is 0.497 e. The molecule has 1 saturated heterocycles. The van der Waals surface area contributed by atoms with E-state index >= 15 is 0 Å². The summed E-state index contributed by atoms with van der Waals surface area (Å²) in [5, 5.41) is 4.56. The Morgan fingerprint density at radius 2 is 1.16 bits per heavy atom. The molecule has 12 heteroatoms. The van der Waals surface area contributed by atoms with Crippen LogP contribution in [-0.2, 0) is 30.1 Å². The molecule has 0 unspecified atom stereocenters. The molecule has 0 saturated carbocycles. The maximum atomic E-state index is 13.1. The summed E-state index contributed by atoms with van der Waals surface area (Å²) in [4.78, 5) is 22.8. The summed E-state index contributed by atoms with van der Waals surface area (Å²) in [5.41, 5.74) is 2.41. The number of nitrogens with zero attached hydrogens (tertiary/aromatic N) is 3. The summed E-state index contributed by atoms with van der Waals surface area (Å²) in [6.07, 6.45) is 7.11. The standard InChI is InChI=1S/C61H51ClN4O7/c1-4-59(41-70-42-71-57(67)43-20-10-5-11-21-43)53(72-61(47-26-16-8-17-27-47,48-28-18-9-19-29-48)49-32-36-51(69-3)37-33-49)40-54(73-59)66-39-38-52-55(63-58(62)64-56(52)66)65-60(44-22-12-6-13-23-44,45-24-14-7-15-25-45)46-30-34-50(68-2)35-31-46/h1,5-39,53-54H,40-42H2,2-3H3,(H,63,64,65)/t53-,54+,59+/m0/s1. The molecule has 7 aromatic carbocycles. The van der Waals surface area contributed by atoms with E-state index in [0.29, 0.717) is 28.2 Å². The number of benzene rings is 7. The molecule has 3 atom stereocenters. The highest BCUT2D eigenvalue weighted by molar-refractivity contribution is 6.28. The summed E-state index contributed by atoms with van der Waals surface area (Å²) in [6, 6.07) is 66.8. The van der Waals surface area contributed by atoms with Gasteiger partial charge in [0.05, 0.1) is 31.8 Å². The van der Waals surface area contributed by atoms with Gasteiger partial charge in [-0.15, -0.1) is 6.42 Å². The highest BCUT2D eigenvalue weighted by atomic mass is 35.5. The fraction of sp³-hybridized carbons (Fsp3) is 0.164. The zero-order valence-corrected chi connectivity index (χ0v) is 40.9. The molecule has 1 N–H and O–H groups in total. The van der Waals surface area contributed by atoms with Crippen LogP contribution in [0.25, 0.3) is 11.0 Å². The smallest absolute Gasteiger partial charge is 0.340 e. The molecule has 0 radical (unpaired) electrons. The summed E-state index contributed by atoms with van der Waals surface area (Å²) >= 11 is 6.98. The first-order valence-electron chi connectivity index (χ1n) is 23.8. The highest BCUT2D eigenvalue weighted by Gasteiger charge is 2.54. The Hall–Kier alpha value is -8.24. The number of nitrogens with one attached hydrogen (secondary N) is 1. The predicted molar refractivity (Wildman–Crippen MR) is 282 cm³/mol. The van der Waals surface area contributed by atoms with Crippen molar-refractivity contribution < 1.29 is 33.2 Å². The molecule has 3 heterocycles. The van der Waals surface area contributed by atoms with Crippen LogP contribution in [0.2, 0.25) is 5.28 Å². The molecule has 10 rings (SSSR count). The van der Waals surface area contributed by atoms with Crippen LogP contribution in [0.4, 0.5) is 5.82 Å². The van der Waals surface area contributed by atoms with E-state index in [1.807, 2.05) is 168 Å². The minimum absolute atomic E-state index is 0.00366. The molecule has 0 spiro atoms. The number of esters is 1. The monoisotopic (exact) mass is 986 g/mol. The molecule has 1 aliphatic rings. The van der Waals surface area contributed by atoms with E-state index in [-0.39, 0.29) is 18.3 Å². The van der Waals surface area contributed by atoms with Crippen LogP contribution in [0.3, 0.4) is 0 Å². The summed E-state index contributed by atoms with van der Waals surface area (Å²) in [7, 11) is 3.28. The third kappa shape index (κ3) is 9.41. The Morgan fingerprint density at radius 3 is 1.68 bits per heavy atom. The molecule has 2 aromatic heterocycles. The van der Waals surface area contributed by atoms with Crippen LogP contribution < -0.4 is 14.8 Å². The van der Waals surface area contributed by atoms with Gasteiger partial charge in [0, 0.05) is 12.6 Å². The van der Waals surface area contributed by atoms with E-state index in [2.05, 4.69) is 35.5 Å². The lowest BCUT2D eigenvalue weighted by molar-refractivity contribution is -0.156. The first kappa shape index (κ1) is 48.4. The SMILES string of the molecule is C#C[C@]1(COCOC(=O)c2ccccc2)O[C@@H](n2ccc3c(NC(c4ccccc4)(c4ccccc4)c4ccc(OC)cc4)nc(Cl)nc32)C[C@@H]1OC(c1ccccc1)(c1ccccc1)c1ccc(OC)cc1. The normalized spacial score (nSPS) is 16.6. The maximum absolute atomic E-state index is 13.1. The minimum Gasteiger partial charge on any atom is -0.497 e. The van der Waals surface area contributed by atoms with Crippen LogP contribution in [0.1, 0.15) is 56.4 Å². The van der Waals surface area contributed by atoms with Crippen molar-refractivity contribution in [2.24, 2.45) is 0 Å². The number of rotatable bonds is 18. The fourth-order valence-corrected chi connectivity index (χ4v) is 9.99. The number of carbonyl (C=O) groups excluding carboxylic acids is 1. The van der Waals surface area contributed by atoms with Gasteiger partial charge in [0.15, 0.2) is 12.4 Å². The number of terminal acetylenes is 1. The fourth-order valence-electron chi connectivity index (χ4n) is 9.83. The molecule has 11 nitrogen and oxygen atoms in total. The topological polar surface area (TPSA) is 115 Å². The van der Waals surface area contributed by atoms with Crippen molar-refractivity contribution >= 4 is 34.4 Å². The maximum Gasteiger partial charge on any atom is 0.340 e. The molecule has 1 fully saturated rings. The van der Waals surface area contributed by atoms with Gasteiger partial charge in [-0.25, -0.2) is 9.78 Å². The van der Waals surface area contributed by atoms with Crippen LogP contribution in [0.15, 0.2) is 212 Å². The average Bonchev–Trinajstić information content (AvgIpc) is 4.05. The number of aromatic nitrogens is 3. The predicted octanol–water partition coefficient (Wildman–Crippen LogP) is 12.0. The van der Waals surface area contributed by atoms with E-state index in [9.17, 15) is 4.79 Å². The number of ether oxygens (including phenoxy) is 6. The Morgan fingerprint density at radius 1 is 0.685 bits per heavy atom. The lowest BCUT2D eigenvalue weighted by atomic mass is 9.77. The molecule has 73 heavy (non-hydrogen) atoms. The second kappa shape index (κ2) is 21.2. The number of fused-ring (bicyclic) bond motifs is 1. The van der Waals surface area contributed by atoms with Crippen molar-refractivity contribution in [1.82, 2.24) is 14.5 Å². The quantitative estimate of drug-likeness (QED) is 0.0222. The van der Waals surface area contributed by atoms with Crippen LogP contribution in [0, 0.1) is 12.3 Å². The van der Waals surface area contributed by atoms with Crippen molar-refractivity contribution in [3.63, 3.8) is 0 Å². The Bertz CT molecular complexity index is 3240. The lowest BCUT2D eigenvalue weighted by Gasteiger charge is -2.41. The molecule has 0 bridgehead atoms. The van der Waals surface area contributed by atoms with E-state index in [4.69, 9.17) is 56.4 Å². The zero-order chi connectivity index (χ0) is 50.3. The lowest BCUT2D eigenvalue weighted by Crippen LogP contribution is -2.49. The highest BCUT2D eigenvalue weighted by Crippen LogP contribution is 2.49. The van der Waals surface area contributed by atoms with E-state index in [0.717, 1.165) is 39.1 Å². The number of carbonyl (C=O) groups is 1. The average molecular weight is 988 g/mol. The third-order valence-corrected chi connectivity index (χ3v) is 13.6. The minimum atomic E-state index is -1.57. The van der Waals surface area contributed by atoms with Crippen molar-refractivity contribution in [2.75, 3.05) is 32.9 Å². The van der Waals surface area contributed by atoms with E-state index in [1.54, 1.807) is 38.5 Å². The molecule has 1 aliphatic heterocycles. The zero-order valence-electron chi connectivity index (χ0n) is 40.1. The van der Waals surface area contributed by atoms with Crippen molar-refractivity contribution in [3.8, 4) is 23.8 Å². The van der Waals surface area contributed by atoms with Gasteiger partial charge in [-0.05, 0) is 87.4 Å². The van der Waals surface area contributed by atoms with Crippen molar-refractivity contribution in [2.45, 2.75) is 35.5 Å². The van der Waals surface area contributed by atoms with Gasteiger partial charge < -0.3 is 38.3 Å². The first-order chi connectivity index (χ1) is 35.8. The molecule has 9 aromatic rings. The van der Waals surface area contributed by atoms with Gasteiger partial charge in [0.1, 0.15) is 46.4 Å². The molecular formula is C61H51ClN4O7. The van der Waals surface area contributed by atoms with Crippen molar-refractivity contribution in [1.29, 1.82) is 0 Å². The first-order valence-corrected chi connectivity index (χ1v) is 24.1. The Kier molecular flexibility index (Phi) is 14.1. The summed E-state index contributed by atoms with van der Waals surface area (Å²) < 4.78 is 39.8. The second-order valence-corrected chi connectivity index (χ2v) is 17.8. The van der Waals surface area contributed by atoms with Gasteiger partial charge in [-0.1, -0.05) is 170 Å². The number of anilines is 1. The van der Waals surface area contributed by atoms with Crippen molar-refractivity contribution in [3.05, 3.63) is 257 Å². The van der Waals surface area contributed by atoms with Gasteiger partial charge >= 0.3 is 5.97 Å². The number of hydrogen-bond acceptors (Lipinski definition) is 10. The van der Waals surface area contributed by atoms with Gasteiger partial charge in [0.25, 0.3) is 0 Å². The number of halogens is 1. The third-order valence-electron chi connectivity index (χ3n) is 13.4.